The summed E-state index contributed by atoms with van der Waals surface area (Å²) < 4.78 is 26.8. The molecule has 0 unspecified atom stereocenters. The molecule has 1 N–H and O–H groups in total. The van der Waals surface area contributed by atoms with Crippen LogP contribution in [0.5, 0.6) is 0 Å². The summed E-state index contributed by atoms with van der Waals surface area (Å²) in [6, 6.07) is 12.0. The Morgan fingerprint density at radius 2 is 1.79 bits per heavy atom. The molecule has 11 heteroatoms. The number of benzene rings is 2. The van der Waals surface area contributed by atoms with Crippen molar-refractivity contribution < 1.29 is 18.1 Å². The van der Waals surface area contributed by atoms with Crippen LogP contribution in [0.2, 0.25) is 5.02 Å². The van der Waals surface area contributed by atoms with E-state index in [4.69, 9.17) is 11.6 Å². The van der Waals surface area contributed by atoms with Gasteiger partial charge in [0, 0.05) is 37.3 Å². The van der Waals surface area contributed by atoms with E-state index in [9.17, 15) is 23.3 Å². The number of hydrogen-bond donors (Lipinski definition) is 1. The fourth-order valence-electron chi connectivity index (χ4n) is 3.04. The number of carbonyl (C=O) groups excluding carboxylic acids is 1. The van der Waals surface area contributed by atoms with Gasteiger partial charge in [-0.15, -0.1) is 0 Å². The van der Waals surface area contributed by atoms with Crippen LogP contribution >= 0.6 is 11.6 Å². The third-order valence-corrected chi connectivity index (χ3v) is 6.64. The molecule has 0 aromatic heterocycles. The molecule has 1 amide bonds. The number of halogens is 1. The summed E-state index contributed by atoms with van der Waals surface area (Å²) in [7, 11) is -3.65. The van der Waals surface area contributed by atoms with E-state index in [0.717, 1.165) is 0 Å². The number of nitro benzene ring substituents is 1. The van der Waals surface area contributed by atoms with Gasteiger partial charge in [-0.3, -0.25) is 19.8 Å². The standard InChI is InChI=1S/C18H19ClN4O5S/c19-14-4-3-5-15(12-14)29(27,28)22-10-8-21(9-11-22)13-18(24)20-16-6-1-2-7-17(16)23(25)26/h1-7,12H,8-11,13H2,(H,20,24). The first-order valence-corrected chi connectivity index (χ1v) is 10.6. The maximum atomic E-state index is 12.7. The lowest BCUT2D eigenvalue weighted by Crippen LogP contribution is -2.50. The van der Waals surface area contributed by atoms with E-state index in [1.54, 1.807) is 23.1 Å². The number of para-hydroxylation sites is 2. The minimum absolute atomic E-state index is 0.0110. The zero-order chi connectivity index (χ0) is 21.0. The predicted molar refractivity (Wildman–Crippen MR) is 108 cm³/mol. The van der Waals surface area contributed by atoms with Crippen molar-refractivity contribution >= 4 is 38.9 Å². The third-order valence-electron chi connectivity index (χ3n) is 4.51. The quantitative estimate of drug-likeness (QED) is 0.546. The van der Waals surface area contributed by atoms with Gasteiger partial charge in [0.1, 0.15) is 5.69 Å². The highest BCUT2D eigenvalue weighted by molar-refractivity contribution is 7.89. The molecule has 9 nitrogen and oxygen atoms in total. The highest BCUT2D eigenvalue weighted by Crippen LogP contribution is 2.23. The van der Waals surface area contributed by atoms with Crippen LogP contribution in [0.25, 0.3) is 0 Å². The van der Waals surface area contributed by atoms with Crippen LogP contribution in [0.3, 0.4) is 0 Å². The smallest absolute Gasteiger partial charge is 0.292 e. The van der Waals surface area contributed by atoms with Gasteiger partial charge < -0.3 is 5.32 Å². The summed E-state index contributed by atoms with van der Waals surface area (Å²) in [6.07, 6.45) is 0. The Hall–Kier alpha value is -2.53. The molecular formula is C18H19ClN4O5S. The van der Waals surface area contributed by atoms with Crippen LogP contribution in [0.1, 0.15) is 0 Å². The Bertz CT molecular complexity index is 1020. The second-order valence-corrected chi connectivity index (χ2v) is 8.83. The van der Waals surface area contributed by atoms with Crippen LogP contribution in [-0.2, 0) is 14.8 Å². The number of rotatable bonds is 6. The first kappa shape index (κ1) is 21.2. The summed E-state index contributed by atoms with van der Waals surface area (Å²) in [6.45, 7) is 1.20. The molecule has 1 heterocycles. The Morgan fingerprint density at radius 3 is 2.45 bits per heavy atom. The van der Waals surface area contributed by atoms with E-state index in [2.05, 4.69) is 5.32 Å². The SMILES string of the molecule is O=C(CN1CCN(S(=O)(=O)c2cccc(Cl)c2)CC1)Nc1ccccc1[N+](=O)[O-]. The Kier molecular flexibility index (Phi) is 6.48. The molecule has 1 aliphatic heterocycles. The first-order valence-electron chi connectivity index (χ1n) is 8.79. The van der Waals surface area contributed by atoms with Gasteiger partial charge in [0.2, 0.25) is 15.9 Å². The van der Waals surface area contributed by atoms with E-state index in [-0.39, 0.29) is 35.9 Å². The molecule has 2 aromatic carbocycles. The molecule has 0 spiro atoms. The van der Waals surface area contributed by atoms with Crippen LogP contribution < -0.4 is 5.32 Å². The Morgan fingerprint density at radius 1 is 1.10 bits per heavy atom. The van der Waals surface area contributed by atoms with E-state index in [0.29, 0.717) is 18.1 Å². The number of nitrogens with one attached hydrogen (secondary N) is 1. The molecule has 1 aliphatic rings. The average Bonchev–Trinajstić information content (AvgIpc) is 2.68. The van der Waals surface area contributed by atoms with Gasteiger partial charge in [-0.1, -0.05) is 29.8 Å². The molecule has 1 fully saturated rings. The summed E-state index contributed by atoms with van der Waals surface area (Å²) in [4.78, 5) is 24.7. The first-order chi connectivity index (χ1) is 13.8. The summed E-state index contributed by atoms with van der Waals surface area (Å²) in [5.74, 6) is -0.398. The largest absolute Gasteiger partial charge is 0.319 e. The average molecular weight is 439 g/mol. The van der Waals surface area contributed by atoms with Gasteiger partial charge in [-0.05, 0) is 24.3 Å². The molecular weight excluding hydrogens is 420 g/mol. The molecule has 3 rings (SSSR count). The monoisotopic (exact) mass is 438 g/mol. The molecule has 154 valence electrons. The molecule has 0 atom stereocenters. The summed E-state index contributed by atoms with van der Waals surface area (Å²) in [5.41, 5.74) is -0.0528. The summed E-state index contributed by atoms with van der Waals surface area (Å²) in [5, 5.41) is 13.9. The van der Waals surface area contributed by atoms with E-state index < -0.39 is 20.9 Å². The van der Waals surface area contributed by atoms with Crippen molar-refractivity contribution in [2.75, 3.05) is 38.0 Å². The number of nitrogens with zero attached hydrogens (tertiary/aromatic N) is 3. The van der Waals surface area contributed by atoms with Crippen LogP contribution in [0, 0.1) is 10.1 Å². The van der Waals surface area contributed by atoms with Crippen molar-refractivity contribution in [1.82, 2.24) is 9.21 Å². The normalized spacial score (nSPS) is 15.8. The molecule has 0 bridgehead atoms. The number of carbonyl (C=O) groups is 1. The van der Waals surface area contributed by atoms with Crippen molar-refractivity contribution in [3.63, 3.8) is 0 Å². The second-order valence-electron chi connectivity index (χ2n) is 6.46. The van der Waals surface area contributed by atoms with Gasteiger partial charge in [0.15, 0.2) is 0 Å². The lowest BCUT2D eigenvalue weighted by Gasteiger charge is -2.33. The zero-order valence-corrected chi connectivity index (χ0v) is 16.9. The highest BCUT2D eigenvalue weighted by atomic mass is 35.5. The van der Waals surface area contributed by atoms with Crippen molar-refractivity contribution in [1.29, 1.82) is 0 Å². The van der Waals surface area contributed by atoms with Crippen molar-refractivity contribution in [3.8, 4) is 0 Å². The zero-order valence-electron chi connectivity index (χ0n) is 15.3. The number of amides is 1. The van der Waals surface area contributed by atoms with Crippen LogP contribution in [-0.4, -0.2) is 61.2 Å². The number of anilines is 1. The van der Waals surface area contributed by atoms with E-state index in [1.165, 1.54) is 34.6 Å². The highest BCUT2D eigenvalue weighted by Gasteiger charge is 2.29. The number of piperazine rings is 1. The minimum atomic E-state index is -3.65. The Balaban J connectivity index is 1.57. The van der Waals surface area contributed by atoms with Gasteiger partial charge in [-0.2, -0.15) is 4.31 Å². The van der Waals surface area contributed by atoms with E-state index in [1.807, 2.05) is 0 Å². The second kappa shape index (κ2) is 8.87. The van der Waals surface area contributed by atoms with Crippen molar-refractivity contribution in [2.24, 2.45) is 0 Å². The minimum Gasteiger partial charge on any atom is -0.319 e. The maximum absolute atomic E-state index is 12.7. The predicted octanol–water partition coefficient (Wildman–Crippen LogP) is 2.19. The summed E-state index contributed by atoms with van der Waals surface area (Å²) >= 11 is 5.89. The molecule has 0 radical (unpaired) electrons. The number of nitro groups is 1. The van der Waals surface area contributed by atoms with Crippen molar-refractivity contribution in [3.05, 3.63) is 63.7 Å². The lowest BCUT2D eigenvalue weighted by atomic mass is 10.2. The molecule has 0 saturated carbocycles. The number of sulfonamides is 1. The van der Waals surface area contributed by atoms with Gasteiger partial charge in [0.05, 0.1) is 16.4 Å². The number of hydrogen-bond acceptors (Lipinski definition) is 6. The fraction of sp³-hybridized carbons (Fsp3) is 0.278. The molecule has 0 aliphatic carbocycles. The molecule has 29 heavy (non-hydrogen) atoms. The Labute approximate surface area is 173 Å². The fourth-order valence-corrected chi connectivity index (χ4v) is 4.76. The van der Waals surface area contributed by atoms with Gasteiger partial charge in [0.25, 0.3) is 5.69 Å². The molecule has 1 saturated heterocycles. The maximum Gasteiger partial charge on any atom is 0.292 e. The topological polar surface area (TPSA) is 113 Å². The third kappa shape index (κ3) is 5.10. The molecule has 2 aromatic rings. The van der Waals surface area contributed by atoms with Crippen LogP contribution in [0.4, 0.5) is 11.4 Å². The van der Waals surface area contributed by atoms with Gasteiger partial charge >= 0.3 is 0 Å². The lowest BCUT2D eigenvalue weighted by molar-refractivity contribution is -0.383. The van der Waals surface area contributed by atoms with Gasteiger partial charge in [-0.25, -0.2) is 8.42 Å². The van der Waals surface area contributed by atoms with Crippen LogP contribution in [0.15, 0.2) is 53.4 Å². The van der Waals surface area contributed by atoms with Crippen molar-refractivity contribution in [2.45, 2.75) is 4.90 Å². The van der Waals surface area contributed by atoms with E-state index >= 15 is 0 Å².